The van der Waals surface area contributed by atoms with E-state index in [0.29, 0.717) is 23.4 Å². The van der Waals surface area contributed by atoms with Gasteiger partial charge in [-0.25, -0.2) is 0 Å². The van der Waals surface area contributed by atoms with Gasteiger partial charge >= 0.3 is 6.29 Å². The summed E-state index contributed by atoms with van der Waals surface area (Å²) in [5.41, 5.74) is 6.95. The van der Waals surface area contributed by atoms with E-state index in [1.165, 1.54) is 30.3 Å². The number of aliphatic hydroxyl groups is 2. The lowest BCUT2D eigenvalue weighted by molar-refractivity contribution is -0.271. The third-order valence-electron chi connectivity index (χ3n) is 5.02. The van der Waals surface area contributed by atoms with E-state index < -0.39 is 17.9 Å². The minimum atomic E-state index is -0.591. The van der Waals surface area contributed by atoms with Crippen molar-refractivity contribution in [3.8, 4) is 11.5 Å². The zero-order chi connectivity index (χ0) is 19.6. The summed E-state index contributed by atoms with van der Waals surface area (Å²) in [7, 11) is 0. The molecule has 1 saturated heterocycles. The van der Waals surface area contributed by atoms with Gasteiger partial charge in [-0.1, -0.05) is 12.1 Å². The van der Waals surface area contributed by atoms with Gasteiger partial charge in [0.1, 0.15) is 11.5 Å². The number of aromatic hydroxyl groups is 2. The standard InChI is InChI=1S/C20H15NO7/c21-11-6-14(27-20-19(11)28-20)26-7-8-4-10-16(13(23)5-8)18(25)15-9(17(10)24)2-1-3-12(15)22/h1-5,14,20,22-23H,6-7,21H2/p+1/t14-,20?/m1/s1. The number of carbonyl (C=O) groups is 2. The Kier molecular flexibility index (Phi) is 3.49. The van der Waals surface area contributed by atoms with Crippen molar-refractivity contribution < 1.29 is 34.0 Å². The second-order valence-electron chi connectivity index (χ2n) is 6.87. The normalized spacial score (nSPS) is 22.3. The molecule has 2 aliphatic heterocycles. The molecular weight excluding hydrogens is 366 g/mol. The van der Waals surface area contributed by atoms with E-state index in [9.17, 15) is 19.8 Å². The molecule has 0 saturated carbocycles. The smallest absolute Gasteiger partial charge is 0.369 e. The molecule has 8 heteroatoms. The Morgan fingerprint density at radius 2 is 1.89 bits per heavy atom. The van der Waals surface area contributed by atoms with Crippen LogP contribution in [-0.2, 0) is 16.1 Å². The number of ether oxygens (including phenoxy) is 3. The number of phenolic OH excluding ortho intramolecular Hbond substituents is 2. The maximum atomic E-state index is 12.8. The topological polar surface area (TPSA) is 135 Å². The summed E-state index contributed by atoms with van der Waals surface area (Å²) in [6.45, 7) is 0.0682. The molecular formula is C20H16NO7+. The number of nitrogens with two attached hydrogens (primary N) is 1. The number of ketones is 2. The van der Waals surface area contributed by atoms with Gasteiger partial charge in [0.15, 0.2) is 5.78 Å². The third-order valence-corrected chi connectivity index (χ3v) is 5.02. The predicted molar refractivity (Wildman–Crippen MR) is 94.6 cm³/mol. The van der Waals surface area contributed by atoms with Crippen molar-refractivity contribution in [1.29, 1.82) is 0 Å². The fraction of sp³-hybridized carbons (Fsp3) is 0.200. The quantitative estimate of drug-likeness (QED) is 0.457. The zero-order valence-electron chi connectivity index (χ0n) is 14.5. The summed E-state index contributed by atoms with van der Waals surface area (Å²) in [5, 5.41) is 20.4. The Morgan fingerprint density at radius 3 is 2.68 bits per heavy atom. The molecule has 8 nitrogen and oxygen atoms in total. The molecule has 0 amide bonds. The number of fused-ring (bicyclic) bond motifs is 3. The maximum Gasteiger partial charge on any atom is 0.369 e. The molecule has 0 bridgehead atoms. The molecule has 3 aliphatic rings. The summed E-state index contributed by atoms with van der Waals surface area (Å²) in [4.78, 5) is 25.6. The highest BCUT2D eigenvalue weighted by Gasteiger charge is 2.49. The first-order valence-corrected chi connectivity index (χ1v) is 8.68. The van der Waals surface area contributed by atoms with Crippen LogP contribution in [0.25, 0.3) is 0 Å². The average molecular weight is 382 g/mol. The molecule has 2 heterocycles. The number of rotatable bonds is 3. The maximum absolute atomic E-state index is 12.8. The van der Waals surface area contributed by atoms with Crippen LogP contribution in [0.15, 0.2) is 41.8 Å². The molecule has 0 spiro atoms. The molecule has 1 unspecified atom stereocenters. The Hall–Kier alpha value is -3.36. The fourth-order valence-corrected chi connectivity index (χ4v) is 3.63. The molecule has 1 aliphatic carbocycles. The molecule has 2 aromatic rings. The lowest BCUT2D eigenvalue weighted by atomic mass is 9.82. The highest BCUT2D eigenvalue weighted by Crippen LogP contribution is 2.38. The molecule has 5 rings (SSSR count). The van der Waals surface area contributed by atoms with Crippen LogP contribution in [0.4, 0.5) is 0 Å². The Morgan fingerprint density at radius 1 is 1.11 bits per heavy atom. The van der Waals surface area contributed by atoms with Crippen molar-refractivity contribution >= 4 is 11.6 Å². The van der Waals surface area contributed by atoms with Gasteiger partial charge in [0.05, 0.1) is 29.9 Å². The van der Waals surface area contributed by atoms with Crippen molar-refractivity contribution in [2.45, 2.75) is 25.6 Å². The second-order valence-corrected chi connectivity index (χ2v) is 6.87. The van der Waals surface area contributed by atoms with Crippen LogP contribution >= 0.6 is 0 Å². The van der Waals surface area contributed by atoms with Crippen LogP contribution in [-0.4, -0.2) is 39.1 Å². The number of hydrogen-bond acceptors (Lipinski definition) is 7. The zero-order valence-corrected chi connectivity index (χ0v) is 14.5. The first kappa shape index (κ1) is 16.8. The van der Waals surface area contributed by atoms with E-state index in [0.717, 1.165) is 0 Å². The Balaban J connectivity index is 1.43. The molecule has 2 aromatic carbocycles. The fourth-order valence-electron chi connectivity index (χ4n) is 3.63. The highest BCUT2D eigenvalue weighted by molar-refractivity contribution is 6.30. The van der Waals surface area contributed by atoms with Gasteiger partial charge < -0.3 is 30.2 Å². The third kappa shape index (κ3) is 2.46. The highest BCUT2D eigenvalue weighted by atomic mass is 16.8. The lowest BCUT2D eigenvalue weighted by Gasteiger charge is -2.20. The number of epoxide rings is 1. The van der Waals surface area contributed by atoms with Gasteiger partial charge in [-0.15, -0.1) is 0 Å². The van der Waals surface area contributed by atoms with Crippen molar-refractivity contribution in [3.63, 3.8) is 0 Å². The van der Waals surface area contributed by atoms with Gasteiger partial charge in [-0.2, -0.15) is 0 Å². The van der Waals surface area contributed by atoms with Crippen LogP contribution in [0.5, 0.6) is 11.5 Å². The Labute approximate surface area is 158 Å². The summed E-state index contributed by atoms with van der Waals surface area (Å²) in [5.74, 6) is -0.970. The molecule has 2 atom stereocenters. The van der Waals surface area contributed by atoms with Gasteiger partial charge in [0.2, 0.25) is 11.5 Å². The van der Waals surface area contributed by atoms with Crippen molar-refractivity contribution in [1.82, 2.24) is 0 Å². The van der Waals surface area contributed by atoms with Crippen molar-refractivity contribution in [2.24, 2.45) is 5.73 Å². The van der Waals surface area contributed by atoms with Crippen LogP contribution in [0.3, 0.4) is 0 Å². The largest absolute Gasteiger partial charge is 0.507 e. The van der Waals surface area contributed by atoms with E-state index in [4.69, 9.17) is 15.2 Å². The summed E-state index contributed by atoms with van der Waals surface area (Å²) in [6, 6.07) is 7.19. The first-order chi connectivity index (χ1) is 13.4. The summed E-state index contributed by atoms with van der Waals surface area (Å²) in [6.07, 6.45) is -0.407. The minimum absolute atomic E-state index is 0.0682. The van der Waals surface area contributed by atoms with Gasteiger partial charge in [0.25, 0.3) is 6.29 Å². The lowest BCUT2D eigenvalue weighted by Crippen LogP contribution is -2.28. The van der Waals surface area contributed by atoms with Crippen LogP contribution < -0.4 is 5.73 Å². The molecule has 0 radical (unpaired) electrons. The summed E-state index contributed by atoms with van der Waals surface area (Å²) >= 11 is 0. The van der Waals surface area contributed by atoms with Gasteiger partial charge in [-0.3, -0.25) is 9.59 Å². The number of benzene rings is 2. The van der Waals surface area contributed by atoms with E-state index in [2.05, 4.69) is 4.74 Å². The minimum Gasteiger partial charge on any atom is -0.507 e. The van der Waals surface area contributed by atoms with Crippen LogP contribution in [0.1, 0.15) is 43.8 Å². The van der Waals surface area contributed by atoms with E-state index >= 15 is 0 Å². The number of hydrogen-bond donors (Lipinski definition) is 3. The van der Waals surface area contributed by atoms with Gasteiger partial charge in [0, 0.05) is 11.1 Å². The van der Waals surface area contributed by atoms with Crippen LogP contribution in [0.2, 0.25) is 0 Å². The molecule has 142 valence electrons. The van der Waals surface area contributed by atoms with Crippen molar-refractivity contribution in [2.75, 3.05) is 0 Å². The van der Waals surface area contributed by atoms with Crippen LogP contribution in [0, 0.1) is 0 Å². The van der Waals surface area contributed by atoms with E-state index in [1.54, 1.807) is 0 Å². The summed E-state index contributed by atoms with van der Waals surface area (Å²) < 4.78 is 15.2. The predicted octanol–water partition coefficient (Wildman–Crippen LogP) is 1.17. The number of carbonyl (C=O) groups excluding carboxylic acids is 2. The molecule has 1 fully saturated rings. The first-order valence-electron chi connectivity index (χ1n) is 8.68. The van der Waals surface area contributed by atoms with Gasteiger partial charge in [-0.05, 0) is 23.8 Å². The second kappa shape index (κ2) is 5.82. The molecule has 0 aromatic heterocycles. The monoisotopic (exact) mass is 382 g/mol. The average Bonchev–Trinajstić information content (AvgIpc) is 3.44. The van der Waals surface area contributed by atoms with Crippen molar-refractivity contribution in [3.05, 3.63) is 69.6 Å². The van der Waals surface area contributed by atoms with E-state index in [1.807, 2.05) is 0 Å². The number of phenols is 2. The molecule has 5 N–H and O–H groups in total. The SMILES string of the molecule is NC1=C2OC2[OH+][C@@H](OCc2cc(O)c3c(c2)C(=O)c2cccc(O)c2C3=O)C1. The Bertz CT molecular complexity index is 1090. The van der Waals surface area contributed by atoms with E-state index in [-0.39, 0.29) is 46.6 Å². The molecule has 28 heavy (non-hydrogen) atoms.